The highest BCUT2D eigenvalue weighted by Crippen LogP contribution is 2.42. The number of alkyl halides is 8. The average molecular weight is 447 g/mol. The number of pyridine rings is 1. The van der Waals surface area contributed by atoms with E-state index in [0.29, 0.717) is 0 Å². The first-order valence-electron chi connectivity index (χ1n) is 6.76. The number of halogens is 10. The monoisotopic (exact) mass is 447 g/mol. The molecule has 0 aliphatic heterocycles. The lowest BCUT2D eigenvalue weighted by Crippen LogP contribution is -2.50. The van der Waals surface area contributed by atoms with Crippen LogP contribution in [0, 0.1) is 0 Å². The summed E-state index contributed by atoms with van der Waals surface area (Å²) in [6, 6.07) is 3.54. The Morgan fingerprint density at radius 3 is 2.10 bits per heavy atom. The summed E-state index contributed by atoms with van der Waals surface area (Å²) in [6.45, 7) is -2.28. The predicted molar refractivity (Wildman–Crippen MR) is 67.9 cm³/mol. The molecule has 1 aromatic rings. The molecular formula is C13H7F10NO5. The third kappa shape index (κ3) is 7.72. The molecule has 0 fully saturated rings. The summed E-state index contributed by atoms with van der Waals surface area (Å²) in [5, 5.41) is 0. The van der Waals surface area contributed by atoms with Crippen molar-refractivity contribution in [3.05, 3.63) is 42.4 Å². The maximum atomic E-state index is 13.3. The highest BCUT2D eigenvalue weighted by atomic mass is 19.3. The van der Waals surface area contributed by atoms with Crippen LogP contribution < -0.4 is 0 Å². The van der Waals surface area contributed by atoms with Crippen LogP contribution in [-0.2, 0) is 18.9 Å². The Labute approximate surface area is 153 Å². The molecule has 0 atom stereocenters. The van der Waals surface area contributed by atoms with E-state index in [2.05, 4.69) is 23.9 Å². The number of carbonyl (C=O) groups excluding carboxylic acids is 1. The van der Waals surface area contributed by atoms with E-state index in [4.69, 9.17) is 0 Å². The van der Waals surface area contributed by atoms with Gasteiger partial charge in [-0.05, 0) is 12.1 Å². The van der Waals surface area contributed by atoms with Crippen LogP contribution in [0.2, 0.25) is 0 Å². The Morgan fingerprint density at radius 1 is 0.966 bits per heavy atom. The first-order valence-corrected chi connectivity index (χ1v) is 6.76. The maximum Gasteiger partial charge on any atom is 0.495 e. The van der Waals surface area contributed by atoms with Crippen molar-refractivity contribution in [2.24, 2.45) is 0 Å². The van der Waals surface area contributed by atoms with Crippen LogP contribution in [-0.4, -0.2) is 42.2 Å². The number of rotatable bonds is 10. The van der Waals surface area contributed by atoms with Gasteiger partial charge in [-0.1, -0.05) is 6.07 Å². The molecule has 0 bridgehead atoms. The molecule has 16 heteroatoms. The molecular weight excluding hydrogens is 440 g/mol. The number of hydrogen-bond acceptors (Lipinski definition) is 6. The van der Waals surface area contributed by atoms with Crippen LogP contribution in [0.5, 0.6) is 0 Å². The summed E-state index contributed by atoms with van der Waals surface area (Å²) in [5.41, 5.74) is -0.539. The molecule has 0 aliphatic rings. The van der Waals surface area contributed by atoms with Gasteiger partial charge < -0.3 is 9.47 Å². The first-order chi connectivity index (χ1) is 13.1. The van der Waals surface area contributed by atoms with Crippen LogP contribution in [0.3, 0.4) is 0 Å². The van der Waals surface area contributed by atoms with E-state index in [9.17, 15) is 48.7 Å². The van der Waals surface area contributed by atoms with Gasteiger partial charge in [0.2, 0.25) is 0 Å². The number of hydrogen-bond donors (Lipinski definition) is 0. The van der Waals surface area contributed by atoms with Gasteiger partial charge in [0.25, 0.3) is 0 Å². The van der Waals surface area contributed by atoms with Crippen molar-refractivity contribution in [1.82, 2.24) is 4.98 Å². The molecule has 0 radical (unpaired) electrons. The van der Waals surface area contributed by atoms with Crippen LogP contribution in [0.25, 0.3) is 0 Å². The van der Waals surface area contributed by atoms with E-state index >= 15 is 0 Å². The Hall–Kier alpha value is -2.62. The molecule has 0 unspecified atom stereocenters. The molecule has 0 spiro atoms. The lowest BCUT2D eigenvalue weighted by Gasteiger charge is -2.29. The summed E-state index contributed by atoms with van der Waals surface area (Å²) >= 11 is 0. The van der Waals surface area contributed by atoms with Gasteiger partial charge in [0.15, 0.2) is 12.9 Å². The third-order valence-electron chi connectivity index (χ3n) is 2.40. The number of nitrogens with zero attached hydrogens (tertiary/aromatic N) is 1. The highest BCUT2D eigenvalue weighted by molar-refractivity contribution is 5.87. The van der Waals surface area contributed by atoms with E-state index in [1.54, 1.807) is 0 Å². The lowest BCUT2D eigenvalue weighted by atomic mass is 10.3. The standard InChI is InChI=1S/C13H7F10NO5/c14-8(15)5-27-11(18,19)12(20,21)29-13(22,23)28-10(16,17)6-26-9(25)7-3-1-2-4-24-7/h1-5H,6H2. The molecule has 0 amide bonds. The zero-order chi connectivity index (χ0) is 22.5. The molecule has 0 saturated heterocycles. The highest BCUT2D eigenvalue weighted by Gasteiger charge is 2.67. The van der Waals surface area contributed by atoms with E-state index in [1.807, 2.05) is 0 Å². The third-order valence-corrected chi connectivity index (χ3v) is 2.40. The molecule has 1 aromatic heterocycles. The Bertz CT molecular complexity index is 724. The van der Waals surface area contributed by atoms with Crippen molar-refractivity contribution in [1.29, 1.82) is 0 Å². The quantitative estimate of drug-likeness (QED) is 0.230. The second-order valence-electron chi connectivity index (χ2n) is 4.65. The van der Waals surface area contributed by atoms with Crippen LogP contribution >= 0.6 is 0 Å². The minimum absolute atomic E-state index is 0.539. The summed E-state index contributed by atoms with van der Waals surface area (Å²) in [6.07, 6.45) is -27.1. The van der Waals surface area contributed by atoms with Crippen molar-refractivity contribution in [2.75, 3.05) is 6.61 Å². The molecule has 6 nitrogen and oxygen atoms in total. The second kappa shape index (κ2) is 8.81. The normalized spacial score (nSPS) is 13.0. The largest absolute Gasteiger partial charge is 0.495 e. The minimum Gasteiger partial charge on any atom is -0.452 e. The zero-order valence-corrected chi connectivity index (χ0v) is 13.4. The van der Waals surface area contributed by atoms with Crippen molar-refractivity contribution >= 4 is 5.97 Å². The van der Waals surface area contributed by atoms with Gasteiger partial charge in [-0.15, -0.1) is 8.78 Å². The van der Waals surface area contributed by atoms with E-state index in [1.165, 1.54) is 12.1 Å². The van der Waals surface area contributed by atoms with Gasteiger partial charge >= 0.3 is 36.7 Å². The molecule has 29 heavy (non-hydrogen) atoms. The lowest BCUT2D eigenvalue weighted by molar-refractivity contribution is -0.550. The zero-order valence-electron chi connectivity index (χ0n) is 13.4. The van der Waals surface area contributed by atoms with Crippen molar-refractivity contribution < 1.29 is 67.6 Å². The summed E-state index contributed by atoms with van der Waals surface area (Å²) < 4.78 is 139. The van der Waals surface area contributed by atoms with Crippen LogP contribution in [0.4, 0.5) is 43.9 Å². The molecule has 1 heterocycles. The van der Waals surface area contributed by atoms with Crippen LogP contribution in [0.1, 0.15) is 10.5 Å². The fourth-order valence-electron chi connectivity index (χ4n) is 1.33. The number of ether oxygens (including phenoxy) is 4. The second-order valence-corrected chi connectivity index (χ2v) is 4.65. The number of esters is 1. The van der Waals surface area contributed by atoms with Gasteiger partial charge in [0.1, 0.15) is 5.69 Å². The molecule has 0 saturated carbocycles. The minimum atomic E-state index is -6.41. The summed E-state index contributed by atoms with van der Waals surface area (Å²) in [7, 11) is 0. The van der Waals surface area contributed by atoms with Gasteiger partial charge in [-0.3, -0.25) is 0 Å². The number of carbonyl (C=O) groups is 1. The van der Waals surface area contributed by atoms with Gasteiger partial charge in [0.05, 0.1) is 0 Å². The van der Waals surface area contributed by atoms with Gasteiger partial charge in [-0.2, -0.15) is 35.1 Å². The summed E-state index contributed by atoms with van der Waals surface area (Å²) in [4.78, 5) is 14.7. The molecule has 1 rings (SSSR count). The topological polar surface area (TPSA) is 66.9 Å². The first kappa shape index (κ1) is 24.4. The molecule has 164 valence electrons. The fourth-order valence-corrected chi connectivity index (χ4v) is 1.33. The SMILES string of the molecule is O=C(OCC(F)(F)OC(F)(F)OC(F)(F)C(F)(F)OC=C(F)F)c1ccccn1. The molecule has 0 aromatic carbocycles. The smallest absolute Gasteiger partial charge is 0.452 e. The molecule has 0 N–H and O–H groups in total. The maximum absolute atomic E-state index is 13.3. The van der Waals surface area contributed by atoms with Crippen molar-refractivity contribution in [3.63, 3.8) is 0 Å². The average Bonchev–Trinajstić information content (AvgIpc) is 2.56. The van der Waals surface area contributed by atoms with Crippen molar-refractivity contribution in [3.8, 4) is 0 Å². The fraction of sp³-hybridized carbons (Fsp3) is 0.385. The van der Waals surface area contributed by atoms with E-state index < -0.39 is 55.2 Å². The Morgan fingerprint density at radius 2 is 1.59 bits per heavy atom. The van der Waals surface area contributed by atoms with Gasteiger partial charge in [0, 0.05) is 6.20 Å². The van der Waals surface area contributed by atoms with Crippen molar-refractivity contribution in [2.45, 2.75) is 24.6 Å². The van der Waals surface area contributed by atoms with Crippen LogP contribution in [0.15, 0.2) is 36.7 Å². The Kier molecular flexibility index (Phi) is 7.42. The number of aromatic nitrogens is 1. The van der Waals surface area contributed by atoms with E-state index in [0.717, 1.165) is 12.3 Å². The predicted octanol–water partition coefficient (Wildman–Crippen LogP) is 4.35. The summed E-state index contributed by atoms with van der Waals surface area (Å²) in [5.74, 6) is -1.55. The Balaban J connectivity index is 2.75. The van der Waals surface area contributed by atoms with E-state index in [-0.39, 0.29) is 0 Å². The molecule has 0 aliphatic carbocycles. The van der Waals surface area contributed by atoms with Gasteiger partial charge in [-0.25, -0.2) is 19.3 Å².